The lowest BCUT2D eigenvalue weighted by molar-refractivity contribution is 0.0959. The molecule has 3 aromatic rings. The monoisotopic (exact) mass is 308 g/mol. The van der Waals surface area contributed by atoms with Gasteiger partial charge in [-0.2, -0.15) is 5.10 Å². The van der Waals surface area contributed by atoms with Crippen LogP contribution in [0.2, 0.25) is 0 Å². The lowest BCUT2D eigenvalue weighted by Gasteiger charge is -2.20. The Morgan fingerprint density at radius 1 is 1.22 bits per heavy atom. The molecule has 0 radical (unpaired) electrons. The van der Waals surface area contributed by atoms with E-state index in [1.807, 2.05) is 32.0 Å². The summed E-state index contributed by atoms with van der Waals surface area (Å²) in [6, 6.07) is 5.67. The number of carbonyl (C=O) groups is 1. The average Bonchev–Trinajstić information content (AvgIpc) is 3.15. The van der Waals surface area contributed by atoms with Gasteiger partial charge in [-0.1, -0.05) is 0 Å². The maximum Gasteiger partial charge on any atom is 0.251 e. The molecule has 0 saturated heterocycles. The van der Waals surface area contributed by atoms with Crippen molar-refractivity contribution in [2.75, 3.05) is 0 Å². The summed E-state index contributed by atoms with van der Waals surface area (Å²) in [6.45, 7) is 3.84. The number of nitrogens with zero attached hydrogens (tertiary/aromatic N) is 4. The lowest BCUT2D eigenvalue weighted by Crippen LogP contribution is -2.20. The van der Waals surface area contributed by atoms with E-state index in [9.17, 15) is 4.79 Å². The van der Waals surface area contributed by atoms with Crippen molar-refractivity contribution in [2.24, 2.45) is 0 Å². The van der Waals surface area contributed by atoms with Crippen molar-refractivity contribution in [3.8, 4) is 5.95 Å². The van der Waals surface area contributed by atoms with Crippen LogP contribution in [0.25, 0.3) is 5.95 Å². The van der Waals surface area contributed by atoms with Crippen molar-refractivity contribution in [1.29, 1.82) is 0 Å². The first-order chi connectivity index (χ1) is 11.1. The molecule has 6 nitrogen and oxygen atoms in total. The fraction of sp³-hybridized carbons (Fsp3) is 0.294. The fourth-order valence-corrected chi connectivity index (χ4v) is 3.14. The number of rotatable bonds is 2. The van der Waals surface area contributed by atoms with E-state index in [0.717, 1.165) is 22.8 Å². The summed E-state index contributed by atoms with van der Waals surface area (Å²) in [5.41, 5.74) is 3.27. The van der Waals surface area contributed by atoms with Crippen molar-refractivity contribution in [3.63, 3.8) is 0 Å². The third kappa shape index (κ3) is 2.36. The Bertz CT molecular complexity index is 860. The van der Waals surface area contributed by atoms with Crippen LogP contribution >= 0.6 is 0 Å². The van der Waals surface area contributed by atoms with Crippen LogP contribution in [0.15, 0.2) is 35.1 Å². The second kappa shape index (κ2) is 5.15. The molecule has 116 valence electrons. The normalized spacial score (nSPS) is 17.3. The summed E-state index contributed by atoms with van der Waals surface area (Å²) in [4.78, 5) is 21.3. The largest absolute Gasteiger partial charge is 0.469 e. The molecule has 0 saturated carbocycles. The second-order valence-corrected chi connectivity index (χ2v) is 5.91. The van der Waals surface area contributed by atoms with Crippen LogP contribution < -0.4 is 0 Å². The minimum Gasteiger partial charge on any atom is -0.469 e. The zero-order valence-electron chi connectivity index (χ0n) is 13.0. The molecule has 0 bridgehead atoms. The van der Waals surface area contributed by atoms with Gasteiger partial charge in [-0.15, -0.1) is 0 Å². The number of hydrogen-bond donors (Lipinski definition) is 0. The Kier molecular flexibility index (Phi) is 3.11. The first kappa shape index (κ1) is 13.9. The molecule has 1 aliphatic carbocycles. The van der Waals surface area contributed by atoms with Crippen LogP contribution in [0, 0.1) is 13.8 Å². The molecule has 23 heavy (non-hydrogen) atoms. The highest BCUT2D eigenvalue weighted by atomic mass is 16.3. The summed E-state index contributed by atoms with van der Waals surface area (Å²) >= 11 is 0. The van der Waals surface area contributed by atoms with Gasteiger partial charge in [-0.25, -0.2) is 14.6 Å². The van der Waals surface area contributed by atoms with Gasteiger partial charge >= 0.3 is 0 Å². The molecule has 1 unspecified atom stereocenters. The van der Waals surface area contributed by atoms with Gasteiger partial charge in [0.15, 0.2) is 5.78 Å². The van der Waals surface area contributed by atoms with Crippen molar-refractivity contribution in [2.45, 2.75) is 32.6 Å². The molecule has 0 spiro atoms. The molecule has 0 amide bonds. The smallest absolute Gasteiger partial charge is 0.251 e. The first-order valence-corrected chi connectivity index (χ1v) is 7.58. The number of Topliss-reactive ketones (excluding diaryl/α,β-unsaturated/α-hetero) is 1. The lowest BCUT2D eigenvalue weighted by atomic mass is 9.85. The highest BCUT2D eigenvalue weighted by Gasteiger charge is 2.31. The number of ketones is 1. The Morgan fingerprint density at radius 2 is 2.00 bits per heavy atom. The van der Waals surface area contributed by atoms with Gasteiger partial charge in [0.1, 0.15) is 5.76 Å². The molecule has 1 atom stereocenters. The Morgan fingerprint density at radius 3 is 2.70 bits per heavy atom. The number of hydrogen-bond acceptors (Lipinski definition) is 5. The van der Waals surface area contributed by atoms with E-state index in [0.29, 0.717) is 24.4 Å². The second-order valence-electron chi connectivity index (χ2n) is 5.91. The highest BCUT2D eigenvalue weighted by Crippen LogP contribution is 2.33. The van der Waals surface area contributed by atoms with Crippen LogP contribution in [-0.2, 0) is 6.42 Å². The number of fused-ring (bicyclic) bond motifs is 1. The molecule has 4 rings (SSSR count). The summed E-state index contributed by atoms with van der Waals surface area (Å²) in [5, 5.41) is 4.36. The molecule has 0 fully saturated rings. The van der Waals surface area contributed by atoms with Gasteiger partial charge in [0.25, 0.3) is 5.95 Å². The predicted molar refractivity (Wildman–Crippen MR) is 82.7 cm³/mol. The minimum atomic E-state index is 0.0337. The van der Waals surface area contributed by atoms with E-state index < -0.39 is 0 Å². The SMILES string of the molecule is Cc1cc(C)nc(-n2ncc3c2CC(c2ccco2)CC3=O)n1. The topological polar surface area (TPSA) is 73.8 Å². The summed E-state index contributed by atoms with van der Waals surface area (Å²) in [7, 11) is 0. The van der Waals surface area contributed by atoms with Crippen LogP contribution in [0.3, 0.4) is 0 Å². The Labute approximate surface area is 133 Å². The minimum absolute atomic E-state index is 0.0337. The first-order valence-electron chi connectivity index (χ1n) is 7.58. The van der Waals surface area contributed by atoms with Crippen molar-refractivity contribution in [3.05, 3.63) is 59.1 Å². The zero-order valence-corrected chi connectivity index (χ0v) is 13.0. The van der Waals surface area contributed by atoms with E-state index in [4.69, 9.17) is 4.42 Å². The summed E-state index contributed by atoms with van der Waals surface area (Å²) in [5.74, 6) is 1.46. The standard InChI is InChI=1S/C17H16N4O2/c1-10-6-11(2)20-17(19-10)21-14-7-12(16-4-3-5-23-16)8-15(22)13(14)9-18-21/h3-6,9,12H,7-8H2,1-2H3. The van der Waals surface area contributed by atoms with E-state index in [1.165, 1.54) is 0 Å². The molecule has 0 aliphatic heterocycles. The number of aromatic nitrogens is 4. The maximum atomic E-state index is 12.4. The predicted octanol–water partition coefficient (Wildman–Crippen LogP) is 2.78. The van der Waals surface area contributed by atoms with Crippen molar-refractivity contribution < 1.29 is 9.21 Å². The van der Waals surface area contributed by atoms with E-state index >= 15 is 0 Å². The molecule has 6 heteroatoms. The van der Waals surface area contributed by atoms with E-state index in [2.05, 4.69) is 15.1 Å². The van der Waals surface area contributed by atoms with Crippen LogP contribution in [0.4, 0.5) is 0 Å². The molecule has 3 heterocycles. The van der Waals surface area contributed by atoms with E-state index in [1.54, 1.807) is 17.1 Å². The molecule has 0 N–H and O–H groups in total. The average molecular weight is 308 g/mol. The molecule has 1 aliphatic rings. The summed E-state index contributed by atoms with van der Waals surface area (Å²) in [6.07, 6.45) is 4.39. The van der Waals surface area contributed by atoms with Crippen molar-refractivity contribution in [1.82, 2.24) is 19.7 Å². The summed E-state index contributed by atoms with van der Waals surface area (Å²) < 4.78 is 7.17. The maximum absolute atomic E-state index is 12.4. The molecule has 0 aromatic carbocycles. The van der Waals surface area contributed by atoms with Crippen molar-refractivity contribution >= 4 is 5.78 Å². The van der Waals surface area contributed by atoms with Crippen LogP contribution in [-0.4, -0.2) is 25.5 Å². The van der Waals surface area contributed by atoms with Gasteiger partial charge in [0, 0.05) is 30.1 Å². The molecular weight excluding hydrogens is 292 g/mol. The molecule has 3 aromatic heterocycles. The van der Waals surface area contributed by atoms with Gasteiger partial charge in [-0.05, 0) is 32.0 Å². The zero-order chi connectivity index (χ0) is 16.0. The van der Waals surface area contributed by atoms with Crippen LogP contribution in [0.5, 0.6) is 0 Å². The number of furan rings is 1. The number of aryl methyl sites for hydroxylation is 2. The van der Waals surface area contributed by atoms with Crippen LogP contribution in [0.1, 0.15) is 45.5 Å². The molecular formula is C17H16N4O2. The van der Waals surface area contributed by atoms with E-state index in [-0.39, 0.29) is 11.7 Å². The van der Waals surface area contributed by atoms with Gasteiger partial charge < -0.3 is 4.42 Å². The highest BCUT2D eigenvalue weighted by molar-refractivity contribution is 5.98. The third-order valence-electron chi connectivity index (χ3n) is 4.15. The van der Waals surface area contributed by atoms with Gasteiger partial charge in [0.05, 0.1) is 23.7 Å². The van der Waals surface area contributed by atoms with Gasteiger partial charge in [-0.3, -0.25) is 4.79 Å². The quantitative estimate of drug-likeness (QED) is 0.728. The third-order valence-corrected chi connectivity index (χ3v) is 4.15. The Balaban J connectivity index is 1.79. The number of carbonyl (C=O) groups excluding carboxylic acids is 1. The van der Waals surface area contributed by atoms with Gasteiger partial charge in [0.2, 0.25) is 0 Å². The fourth-order valence-electron chi connectivity index (χ4n) is 3.14. The Hall–Kier alpha value is -2.76.